The van der Waals surface area contributed by atoms with Crippen LogP contribution in [-0.4, -0.2) is 27.5 Å². The number of halogens is 10. The molecule has 2 nitrogen and oxygen atoms in total. The molecule has 0 aliphatic heterocycles. The average Bonchev–Trinajstić information content (AvgIpc) is 2.37. The Morgan fingerprint density at radius 1 is 0.826 bits per heavy atom. The summed E-state index contributed by atoms with van der Waals surface area (Å²) in [4.78, 5) is -1.33. The van der Waals surface area contributed by atoms with Gasteiger partial charge < -0.3 is 0 Å². The van der Waals surface area contributed by atoms with Crippen LogP contribution < -0.4 is 0 Å². The van der Waals surface area contributed by atoms with Crippen LogP contribution in [-0.2, 0) is 9.73 Å². The van der Waals surface area contributed by atoms with Crippen LogP contribution in [0.3, 0.4) is 0 Å². The van der Waals surface area contributed by atoms with Crippen molar-refractivity contribution >= 4 is 25.7 Å². The maximum Gasteiger partial charge on any atom is 0.460 e. The summed E-state index contributed by atoms with van der Waals surface area (Å²) in [6.07, 6.45) is -7.03. The van der Waals surface area contributed by atoms with Crippen LogP contribution in [0.4, 0.5) is 39.5 Å². The van der Waals surface area contributed by atoms with E-state index >= 15 is 0 Å². The van der Waals surface area contributed by atoms with E-state index in [1.54, 1.807) is 0 Å². The standard InChI is InChI=1S/C10H5BrF9NOS/c11-5-1-3-6(4-2-5)23(21,22)10(19,20)8(14,15)7(12,13)9(16,17)18/h1-4,21H. The van der Waals surface area contributed by atoms with Gasteiger partial charge in [-0.1, -0.05) is 15.9 Å². The van der Waals surface area contributed by atoms with Crippen LogP contribution in [0.25, 0.3) is 0 Å². The zero-order chi connectivity index (χ0) is 18.5. The fraction of sp³-hybridized carbons (Fsp3) is 0.400. The maximum atomic E-state index is 13.6. The van der Waals surface area contributed by atoms with Crippen molar-refractivity contribution in [3.8, 4) is 0 Å². The van der Waals surface area contributed by atoms with Crippen LogP contribution >= 0.6 is 15.9 Å². The Kier molecular flexibility index (Phi) is 4.83. The van der Waals surface area contributed by atoms with Gasteiger partial charge in [-0.15, -0.1) is 0 Å². The molecule has 0 spiro atoms. The van der Waals surface area contributed by atoms with Crippen LogP contribution in [0.15, 0.2) is 33.6 Å². The molecular formula is C10H5BrF9NOS. The number of rotatable bonds is 4. The van der Waals surface area contributed by atoms with E-state index < -0.39 is 37.9 Å². The molecule has 1 rings (SSSR count). The molecular weight excluding hydrogens is 433 g/mol. The highest BCUT2D eigenvalue weighted by Gasteiger charge is 2.84. The van der Waals surface area contributed by atoms with Crippen molar-refractivity contribution in [1.82, 2.24) is 0 Å². The molecule has 0 saturated carbocycles. The normalized spacial score (nSPS) is 17.0. The van der Waals surface area contributed by atoms with E-state index in [9.17, 15) is 43.7 Å². The molecule has 0 radical (unpaired) electrons. The lowest BCUT2D eigenvalue weighted by Gasteiger charge is -2.34. The zero-order valence-corrected chi connectivity index (χ0v) is 12.8. The van der Waals surface area contributed by atoms with Crippen molar-refractivity contribution in [3.63, 3.8) is 0 Å². The highest BCUT2D eigenvalue weighted by molar-refractivity contribution is 9.10. The Balaban J connectivity index is 3.53. The Labute approximate surface area is 131 Å². The van der Waals surface area contributed by atoms with E-state index in [0.717, 1.165) is 12.1 Å². The second kappa shape index (κ2) is 5.53. The number of nitrogens with one attached hydrogen (secondary N) is 1. The topological polar surface area (TPSA) is 40.9 Å². The van der Waals surface area contributed by atoms with Crippen molar-refractivity contribution in [2.24, 2.45) is 0 Å². The van der Waals surface area contributed by atoms with Gasteiger partial charge in [0.05, 0.1) is 4.90 Å². The van der Waals surface area contributed by atoms with Gasteiger partial charge in [-0.2, -0.15) is 39.5 Å². The molecule has 0 aliphatic carbocycles. The van der Waals surface area contributed by atoms with Crippen molar-refractivity contribution in [2.75, 3.05) is 0 Å². The molecule has 132 valence electrons. The Hall–Kier alpha value is -0.980. The molecule has 0 saturated heterocycles. The highest BCUT2D eigenvalue weighted by Crippen LogP contribution is 2.55. The molecule has 1 aromatic rings. The van der Waals surface area contributed by atoms with E-state index in [0.29, 0.717) is 12.1 Å². The Morgan fingerprint density at radius 3 is 1.57 bits per heavy atom. The third kappa shape index (κ3) is 2.92. The summed E-state index contributed by atoms with van der Waals surface area (Å²) in [7, 11) is -6.04. The second-order valence-electron chi connectivity index (χ2n) is 4.17. The summed E-state index contributed by atoms with van der Waals surface area (Å²) in [5.41, 5.74) is 0. The predicted molar refractivity (Wildman–Crippen MR) is 64.2 cm³/mol. The summed E-state index contributed by atoms with van der Waals surface area (Å²) in [6.45, 7) is 0. The molecule has 1 atom stereocenters. The lowest BCUT2D eigenvalue weighted by molar-refractivity contribution is -0.382. The first-order chi connectivity index (χ1) is 10.00. The molecule has 0 heterocycles. The number of alkyl halides is 9. The zero-order valence-electron chi connectivity index (χ0n) is 10.4. The molecule has 1 aromatic carbocycles. The summed E-state index contributed by atoms with van der Waals surface area (Å²) < 4.78 is 134. The van der Waals surface area contributed by atoms with Gasteiger partial charge >= 0.3 is 23.3 Å². The largest absolute Gasteiger partial charge is 0.460 e. The smallest absolute Gasteiger partial charge is 0.244 e. The lowest BCUT2D eigenvalue weighted by Crippen LogP contribution is -2.63. The molecule has 23 heavy (non-hydrogen) atoms. The minimum atomic E-state index is -7.19. The molecule has 1 N–H and O–H groups in total. The molecule has 13 heteroatoms. The Bertz CT molecular complexity index is 681. The third-order valence-corrected chi connectivity index (χ3v) is 5.07. The lowest BCUT2D eigenvalue weighted by atomic mass is 10.1. The molecule has 0 fully saturated rings. The van der Waals surface area contributed by atoms with E-state index in [-0.39, 0.29) is 4.47 Å². The Morgan fingerprint density at radius 2 is 1.22 bits per heavy atom. The van der Waals surface area contributed by atoms with Gasteiger partial charge in [0.1, 0.15) is 9.73 Å². The van der Waals surface area contributed by atoms with E-state index in [2.05, 4.69) is 15.9 Å². The SMILES string of the molecule is N=S(=O)(c1ccc(Br)cc1)C(F)(F)C(F)(F)C(F)(F)C(F)(F)F. The minimum absolute atomic E-state index is 0.173. The first kappa shape index (κ1) is 20.1. The van der Waals surface area contributed by atoms with E-state index in [4.69, 9.17) is 4.78 Å². The van der Waals surface area contributed by atoms with Crippen molar-refractivity contribution < 1.29 is 43.7 Å². The summed E-state index contributed by atoms with van der Waals surface area (Å²) in [6, 6.07) is 2.68. The van der Waals surface area contributed by atoms with Crippen molar-refractivity contribution in [1.29, 1.82) is 4.78 Å². The summed E-state index contributed by atoms with van der Waals surface area (Å²) in [5.74, 6) is -14.3. The van der Waals surface area contributed by atoms with Gasteiger partial charge in [-0.25, -0.2) is 8.99 Å². The quantitative estimate of drug-likeness (QED) is 0.639. The van der Waals surface area contributed by atoms with Gasteiger partial charge in [-0.05, 0) is 24.3 Å². The summed E-state index contributed by atoms with van der Waals surface area (Å²) in [5, 5.41) is -6.49. The van der Waals surface area contributed by atoms with Gasteiger partial charge in [-0.3, -0.25) is 0 Å². The predicted octanol–water partition coefficient (Wildman–Crippen LogP) is 5.28. The second-order valence-corrected chi connectivity index (χ2v) is 7.19. The van der Waals surface area contributed by atoms with Crippen molar-refractivity contribution in [3.05, 3.63) is 28.7 Å². The molecule has 0 aliphatic rings. The number of benzene rings is 1. The third-order valence-electron chi connectivity index (χ3n) is 2.62. The molecule has 0 aromatic heterocycles. The van der Waals surface area contributed by atoms with Crippen LogP contribution in [0, 0.1) is 4.78 Å². The maximum absolute atomic E-state index is 13.6. The number of hydrogen-bond donors (Lipinski definition) is 1. The van der Waals surface area contributed by atoms with E-state index in [1.165, 1.54) is 0 Å². The summed E-state index contributed by atoms with van der Waals surface area (Å²) >= 11 is 2.80. The van der Waals surface area contributed by atoms with Gasteiger partial charge in [0.25, 0.3) is 0 Å². The fourth-order valence-electron chi connectivity index (χ4n) is 1.32. The van der Waals surface area contributed by atoms with Gasteiger partial charge in [0.2, 0.25) is 0 Å². The molecule has 0 bridgehead atoms. The highest BCUT2D eigenvalue weighted by atomic mass is 79.9. The van der Waals surface area contributed by atoms with Gasteiger partial charge in [0.15, 0.2) is 0 Å². The first-order valence-electron chi connectivity index (χ1n) is 5.24. The number of hydrogen-bond acceptors (Lipinski definition) is 2. The van der Waals surface area contributed by atoms with Crippen LogP contribution in [0.2, 0.25) is 0 Å². The first-order valence-corrected chi connectivity index (χ1v) is 7.59. The molecule has 0 amide bonds. The minimum Gasteiger partial charge on any atom is -0.244 e. The van der Waals surface area contributed by atoms with Gasteiger partial charge in [0, 0.05) is 4.47 Å². The van der Waals surface area contributed by atoms with Crippen LogP contribution in [0.1, 0.15) is 0 Å². The fourth-order valence-corrected chi connectivity index (χ4v) is 2.88. The monoisotopic (exact) mass is 437 g/mol. The van der Waals surface area contributed by atoms with E-state index in [1.807, 2.05) is 0 Å². The molecule has 1 unspecified atom stereocenters. The average molecular weight is 438 g/mol. The van der Waals surface area contributed by atoms with Crippen molar-refractivity contribution in [2.45, 2.75) is 28.2 Å². The van der Waals surface area contributed by atoms with Crippen LogP contribution in [0.5, 0.6) is 0 Å².